The minimum absolute atomic E-state index is 0.122. The first-order valence-corrected chi connectivity index (χ1v) is 6.55. The van der Waals surface area contributed by atoms with Crippen LogP contribution in [0.15, 0.2) is 30.3 Å². The van der Waals surface area contributed by atoms with Gasteiger partial charge in [-0.25, -0.2) is 0 Å². The molecule has 0 heterocycles. The van der Waals surface area contributed by atoms with Crippen molar-refractivity contribution < 1.29 is 4.52 Å². The van der Waals surface area contributed by atoms with E-state index in [1.54, 1.807) is 0 Å². The molecule has 90 valence electrons. The summed E-state index contributed by atoms with van der Waals surface area (Å²) < 4.78 is 10.3. The van der Waals surface area contributed by atoms with Crippen LogP contribution in [0.3, 0.4) is 0 Å². The first kappa shape index (κ1) is 13.6. The molecule has 0 saturated carbocycles. The van der Waals surface area contributed by atoms with E-state index in [-0.39, 0.29) is 6.10 Å². The van der Waals surface area contributed by atoms with Gasteiger partial charge in [0.25, 0.3) is 0 Å². The first-order chi connectivity index (χ1) is 7.52. The molecular weight excluding hydrogens is 219 g/mol. The molecule has 0 aliphatic carbocycles. The van der Waals surface area contributed by atoms with Gasteiger partial charge in [-0.1, -0.05) is 30.3 Å². The van der Waals surface area contributed by atoms with Crippen LogP contribution < -0.4 is 0 Å². The average Bonchev–Trinajstić information content (AvgIpc) is 2.25. The summed E-state index contributed by atoms with van der Waals surface area (Å²) in [7, 11) is 7.51. The van der Waals surface area contributed by atoms with E-state index in [4.69, 9.17) is 4.52 Å². The zero-order chi connectivity index (χ0) is 12.1. The highest BCUT2D eigenvalue weighted by Crippen LogP contribution is 2.45. The van der Waals surface area contributed by atoms with Crippen LogP contribution in [0, 0.1) is 0 Å². The van der Waals surface area contributed by atoms with Gasteiger partial charge in [-0.2, -0.15) is 0 Å². The summed E-state index contributed by atoms with van der Waals surface area (Å²) in [6, 6.07) is 10.3. The number of benzene rings is 1. The van der Waals surface area contributed by atoms with Gasteiger partial charge in [0.2, 0.25) is 0 Å². The number of nitrogens with zero attached hydrogens (tertiary/aromatic N) is 2. The summed E-state index contributed by atoms with van der Waals surface area (Å²) in [5.74, 6) is 0. The van der Waals surface area contributed by atoms with E-state index in [1.165, 1.54) is 5.56 Å². The lowest BCUT2D eigenvalue weighted by atomic mass is 10.1. The van der Waals surface area contributed by atoms with Crippen LogP contribution in [0.25, 0.3) is 0 Å². The van der Waals surface area contributed by atoms with Gasteiger partial charge in [0.1, 0.15) is 0 Å². The van der Waals surface area contributed by atoms with Crippen LogP contribution in [0.4, 0.5) is 0 Å². The van der Waals surface area contributed by atoms with Crippen LogP contribution in [0.2, 0.25) is 0 Å². The fourth-order valence-electron chi connectivity index (χ4n) is 1.47. The summed E-state index contributed by atoms with van der Waals surface area (Å²) >= 11 is 0. The smallest absolute Gasteiger partial charge is 0.187 e. The maximum atomic E-state index is 6.08. The quantitative estimate of drug-likeness (QED) is 0.735. The van der Waals surface area contributed by atoms with E-state index in [9.17, 15) is 0 Å². The van der Waals surface area contributed by atoms with E-state index >= 15 is 0 Å². The lowest BCUT2D eigenvalue weighted by molar-refractivity contribution is 0.218. The van der Waals surface area contributed by atoms with Gasteiger partial charge in [0, 0.05) is 0 Å². The third-order valence-corrected chi connectivity index (χ3v) is 4.08. The van der Waals surface area contributed by atoms with E-state index in [0.717, 1.165) is 0 Å². The number of hydrogen-bond acceptors (Lipinski definition) is 3. The molecule has 0 radical (unpaired) electrons. The molecule has 0 N–H and O–H groups in total. The highest BCUT2D eigenvalue weighted by molar-refractivity contribution is 7.47. The Morgan fingerprint density at radius 3 is 1.94 bits per heavy atom. The topological polar surface area (TPSA) is 15.7 Å². The molecule has 0 amide bonds. The molecule has 1 rings (SSSR count). The Hall–Kier alpha value is -0.470. The van der Waals surface area contributed by atoms with Crippen LogP contribution in [-0.4, -0.2) is 37.5 Å². The maximum Gasteiger partial charge on any atom is 0.187 e. The van der Waals surface area contributed by atoms with Crippen molar-refractivity contribution in [3.05, 3.63) is 35.9 Å². The largest absolute Gasteiger partial charge is 0.323 e. The van der Waals surface area contributed by atoms with Gasteiger partial charge >= 0.3 is 0 Å². The molecule has 3 nitrogen and oxygen atoms in total. The molecule has 1 atom stereocenters. The molecule has 4 heteroatoms. The van der Waals surface area contributed by atoms with E-state index in [2.05, 4.69) is 28.4 Å². The fraction of sp³-hybridized carbons (Fsp3) is 0.500. The first-order valence-electron chi connectivity index (χ1n) is 5.38. The summed E-state index contributed by atoms with van der Waals surface area (Å²) in [6.45, 7) is 2.09. The van der Waals surface area contributed by atoms with Gasteiger partial charge in [-0.15, -0.1) is 0 Å². The summed E-state index contributed by atoms with van der Waals surface area (Å²) in [6.07, 6.45) is 0.122. The van der Waals surface area contributed by atoms with Crippen LogP contribution in [0.1, 0.15) is 18.6 Å². The van der Waals surface area contributed by atoms with Crippen molar-refractivity contribution in [1.29, 1.82) is 0 Å². The number of rotatable bonds is 5. The Labute approximate surface area is 100.0 Å². The van der Waals surface area contributed by atoms with Gasteiger partial charge in [0.15, 0.2) is 8.45 Å². The van der Waals surface area contributed by atoms with Gasteiger partial charge in [-0.3, -0.25) is 9.34 Å². The predicted octanol–water partition coefficient (Wildman–Crippen LogP) is 3.11. The van der Waals surface area contributed by atoms with E-state index < -0.39 is 8.45 Å². The standard InChI is InChI=1S/C12H21N2OP/c1-11(12-9-7-6-8-10-12)15-16(13(2)3)14(4)5/h6-11H,1-5H3/t11-/m1/s1. The van der Waals surface area contributed by atoms with Crippen molar-refractivity contribution in [2.24, 2.45) is 0 Å². The molecule has 0 unspecified atom stereocenters. The minimum atomic E-state index is -0.675. The highest BCUT2D eigenvalue weighted by Gasteiger charge is 2.19. The molecule has 0 spiro atoms. The summed E-state index contributed by atoms with van der Waals surface area (Å²) in [4.78, 5) is 0. The van der Waals surface area contributed by atoms with Crippen LogP contribution in [-0.2, 0) is 4.52 Å². The Kier molecular flexibility index (Phi) is 5.36. The Morgan fingerprint density at radius 2 is 1.50 bits per heavy atom. The zero-order valence-corrected chi connectivity index (χ0v) is 11.6. The van der Waals surface area contributed by atoms with Crippen molar-refractivity contribution in [2.75, 3.05) is 28.2 Å². The van der Waals surface area contributed by atoms with Crippen molar-refractivity contribution in [1.82, 2.24) is 9.34 Å². The van der Waals surface area contributed by atoms with Crippen molar-refractivity contribution in [3.63, 3.8) is 0 Å². The van der Waals surface area contributed by atoms with E-state index in [0.29, 0.717) is 0 Å². The number of hydrogen-bond donors (Lipinski definition) is 0. The third-order valence-electron chi connectivity index (χ3n) is 2.21. The van der Waals surface area contributed by atoms with Crippen molar-refractivity contribution >= 4 is 8.45 Å². The molecular formula is C12H21N2OP. The van der Waals surface area contributed by atoms with Gasteiger partial charge in [0.05, 0.1) is 6.10 Å². The second-order valence-corrected chi connectivity index (χ2v) is 6.42. The molecule has 0 aliphatic heterocycles. The average molecular weight is 240 g/mol. The van der Waals surface area contributed by atoms with Crippen LogP contribution >= 0.6 is 8.45 Å². The molecule has 0 aromatic heterocycles. The Morgan fingerprint density at radius 1 is 1.00 bits per heavy atom. The van der Waals surface area contributed by atoms with Crippen LogP contribution in [0.5, 0.6) is 0 Å². The maximum absolute atomic E-state index is 6.08. The highest BCUT2D eigenvalue weighted by atomic mass is 31.2. The predicted molar refractivity (Wildman–Crippen MR) is 70.2 cm³/mol. The van der Waals surface area contributed by atoms with Crippen molar-refractivity contribution in [3.8, 4) is 0 Å². The monoisotopic (exact) mass is 240 g/mol. The Balaban J connectivity index is 2.65. The fourth-order valence-corrected chi connectivity index (χ4v) is 2.97. The second kappa shape index (κ2) is 6.31. The lowest BCUT2D eigenvalue weighted by Gasteiger charge is -2.31. The summed E-state index contributed by atoms with van der Waals surface area (Å²) in [5, 5.41) is 0. The molecule has 0 bridgehead atoms. The van der Waals surface area contributed by atoms with E-state index in [1.807, 2.05) is 46.4 Å². The zero-order valence-electron chi connectivity index (χ0n) is 10.7. The lowest BCUT2D eigenvalue weighted by Crippen LogP contribution is -2.19. The normalized spacial score (nSPS) is 13.8. The molecule has 16 heavy (non-hydrogen) atoms. The van der Waals surface area contributed by atoms with Gasteiger partial charge in [-0.05, 0) is 40.7 Å². The molecule has 0 aliphatic rings. The molecule has 1 aromatic carbocycles. The van der Waals surface area contributed by atoms with Gasteiger partial charge < -0.3 is 4.52 Å². The third kappa shape index (κ3) is 3.84. The molecule has 1 aromatic rings. The molecule has 0 fully saturated rings. The molecule has 0 saturated heterocycles. The second-order valence-electron chi connectivity index (χ2n) is 4.11. The van der Waals surface area contributed by atoms with Crippen molar-refractivity contribution in [2.45, 2.75) is 13.0 Å². The summed E-state index contributed by atoms with van der Waals surface area (Å²) in [5.41, 5.74) is 1.22. The Bertz CT molecular complexity index is 295. The minimum Gasteiger partial charge on any atom is -0.323 e. The SMILES string of the molecule is C[C@@H](OP(N(C)C)N(C)C)c1ccccc1.